The van der Waals surface area contributed by atoms with Gasteiger partial charge in [-0.25, -0.2) is 22.9 Å². The lowest BCUT2D eigenvalue weighted by molar-refractivity contribution is -0.139. The van der Waals surface area contributed by atoms with Crippen molar-refractivity contribution in [1.29, 1.82) is 0 Å². The summed E-state index contributed by atoms with van der Waals surface area (Å²) in [7, 11) is 0. The highest BCUT2D eigenvalue weighted by atomic mass is 79.9. The molecule has 164 valence electrons. The summed E-state index contributed by atoms with van der Waals surface area (Å²) >= 11 is 3.19. The molecular formula is C21H19BrF3N3O3. The third-order valence-corrected chi connectivity index (χ3v) is 4.85. The number of nitrogens with zero attached hydrogens (tertiary/aromatic N) is 2. The summed E-state index contributed by atoms with van der Waals surface area (Å²) < 4.78 is 53.7. The molecule has 31 heavy (non-hydrogen) atoms. The minimum atomic E-state index is -1.16. The molecule has 1 atom stereocenters. The first-order valence-electron chi connectivity index (χ1n) is 9.44. The third kappa shape index (κ3) is 5.13. The molecule has 6 nitrogen and oxygen atoms in total. The number of hydrogen-bond acceptors (Lipinski definition) is 6. The van der Waals surface area contributed by atoms with E-state index in [1.165, 1.54) is 12.1 Å². The molecule has 2 aromatic rings. The van der Waals surface area contributed by atoms with Gasteiger partial charge >= 0.3 is 5.97 Å². The van der Waals surface area contributed by atoms with Gasteiger partial charge in [0.2, 0.25) is 0 Å². The van der Waals surface area contributed by atoms with E-state index >= 15 is 0 Å². The second kappa shape index (κ2) is 10.1. The summed E-state index contributed by atoms with van der Waals surface area (Å²) in [6.07, 6.45) is 0.838. The summed E-state index contributed by atoms with van der Waals surface area (Å²) in [5, 5.41) is 2.83. The van der Waals surface area contributed by atoms with Crippen molar-refractivity contribution in [3.05, 3.63) is 74.9 Å². The van der Waals surface area contributed by atoms with E-state index in [9.17, 15) is 18.0 Å². The molecule has 3 rings (SSSR count). The third-order valence-electron chi connectivity index (χ3n) is 4.36. The van der Waals surface area contributed by atoms with Crippen LogP contribution in [0.15, 0.2) is 51.2 Å². The van der Waals surface area contributed by atoms with Crippen molar-refractivity contribution in [2.45, 2.75) is 19.9 Å². The predicted octanol–water partition coefficient (Wildman–Crippen LogP) is 4.21. The number of benzene rings is 1. The number of halogens is 4. The van der Waals surface area contributed by atoms with Crippen LogP contribution in [0.25, 0.3) is 0 Å². The van der Waals surface area contributed by atoms with Gasteiger partial charge in [-0.3, -0.25) is 4.99 Å². The number of nitrogens with one attached hydrogen (secondary N) is 1. The van der Waals surface area contributed by atoms with Gasteiger partial charge in [-0.15, -0.1) is 0 Å². The molecule has 1 unspecified atom stereocenters. The van der Waals surface area contributed by atoms with Crippen LogP contribution in [0.4, 0.5) is 13.2 Å². The van der Waals surface area contributed by atoms with Crippen molar-refractivity contribution in [3.63, 3.8) is 0 Å². The first-order valence-corrected chi connectivity index (χ1v) is 10.2. The fourth-order valence-corrected chi connectivity index (χ4v) is 3.35. The molecule has 1 aromatic carbocycles. The summed E-state index contributed by atoms with van der Waals surface area (Å²) in [6.45, 7) is 3.74. The van der Waals surface area contributed by atoms with E-state index in [0.29, 0.717) is 17.1 Å². The van der Waals surface area contributed by atoms with Crippen LogP contribution in [-0.4, -0.2) is 36.6 Å². The van der Waals surface area contributed by atoms with Crippen molar-refractivity contribution >= 4 is 27.7 Å². The largest absolute Gasteiger partial charge is 0.463 e. The smallest absolute Gasteiger partial charge is 0.338 e. The maximum atomic E-state index is 14.8. The number of carbonyl (C=O) groups is 1. The second-order valence-corrected chi connectivity index (χ2v) is 7.32. The number of aliphatic imine (C=N–C) groups is 1. The summed E-state index contributed by atoms with van der Waals surface area (Å²) in [5.41, 5.74) is 0.0496. The van der Waals surface area contributed by atoms with Crippen molar-refractivity contribution in [2.24, 2.45) is 4.99 Å². The first kappa shape index (κ1) is 23.0. The molecule has 1 aliphatic heterocycles. The van der Waals surface area contributed by atoms with Crippen LogP contribution in [0, 0.1) is 17.5 Å². The molecule has 1 N–H and O–H groups in total. The number of hydrogen-bond donors (Lipinski definition) is 1. The van der Waals surface area contributed by atoms with Crippen molar-refractivity contribution in [1.82, 2.24) is 10.3 Å². The van der Waals surface area contributed by atoms with Gasteiger partial charge < -0.3 is 14.8 Å². The second-order valence-electron chi connectivity index (χ2n) is 6.40. The Hall–Kier alpha value is -2.72. The van der Waals surface area contributed by atoms with E-state index in [-0.39, 0.29) is 41.6 Å². The van der Waals surface area contributed by atoms with E-state index < -0.39 is 29.5 Å². The zero-order valence-electron chi connectivity index (χ0n) is 16.7. The normalized spacial score (nSPS) is 16.1. The van der Waals surface area contributed by atoms with Gasteiger partial charge in [0.15, 0.2) is 11.7 Å². The van der Waals surface area contributed by atoms with Crippen LogP contribution in [0.1, 0.15) is 31.1 Å². The maximum absolute atomic E-state index is 14.8. The number of carbonyl (C=O) groups excluding carboxylic acids is 1. The molecule has 2 heterocycles. The highest BCUT2D eigenvalue weighted by molar-refractivity contribution is 9.10. The molecule has 0 aliphatic carbocycles. The lowest BCUT2D eigenvalue weighted by Gasteiger charge is -2.27. The molecule has 1 aromatic heterocycles. The van der Waals surface area contributed by atoms with E-state index in [2.05, 4.69) is 31.2 Å². The molecule has 0 radical (unpaired) electrons. The zero-order chi connectivity index (χ0) is 22.5. The molecule has 0 saturated carbocycles. The Morgan fingerprint density at radius 3 is 2.58 bits per heavy atom. The topological polar surface area (TPSA) is 72.8 Å². The van der Waals surface area contributed by atoms with Gasteiger partial charge in [0, 0.05) is 22.7 Å². The van der Waals surface area contributed by atoms with Crippen molar-refractivity contribution in [3.8, 4) is 0 Å². The Labute approximate surface area is 185 Å². The summed E-state index contributed by atoms with van der Waals surface area (Å²) in [4.78, 5) is 20.9. The Bertz CT molecular complexity index is 1060. The van der Waals surface area contributed by atoms with Crippen LogP contribution < -0.4 is 5.32 Å². The van der Waals surface area contributed by atoms with Crippen molar-refractivity contribution in [2.75, 3.05) is 19.8 Å². The van der Waals surface area contributed by atoms with Gasteiger partial charge in [0.05, 0.1) is 30.7 Å². The Morgan fingerprint density at radius 1 is 1.16 bits per heavy atom. The van der Waals surface area contributed by atoms with Crippen molar-refractivity contribution < 1.29 is 27.4 Å². The van der Waals surface area contributed by atoms with Crippen LogP contribution in [0.3, 0.4) is 0 Å². The first-order chi connectivity index (χ1) is 14.8. The monoisotopic (exact) mass is 497 g/mol. The highest BCUT2D eigenvalue weighted by Crippen LogP contribution is 2.35. The lowest BCUT2D eigenvalue weighted by atomic mass is 9.95. The number of aromatic nitrogens is 1. The summed E-state index contributed by atoms with van der Waals surface area (Å²) in [6, 6.07) is 3.79. The quantitative estimate of drug-likeness (QED) is 0.580. The molecule has 0 bridgehead atoms. The minimum Gasteiger partial charge on any atom is -0.463 e. The molecule has 0 spiro atoms. The van der Waals surface area contributed by atoms with Crippen LogP contribution in [-0.2, 0) is 14.3 Å². The molecule has 0 amide bonds. The number of rotatable bonds is 7. The Kier molecular flexibility index (Phi) is 7.45. The van der Waals surface area contributed by atoms with E-state index in [1.807, 2.05) is 0 Å². The van der Waals surface area contributed by atoms with Gasteiger partial charge in [-0.1, -0.05) is 22.0 Å². The molecule has 0 saturated heterocycles. The molecule has 1 aliphatic rings. The molecule has 0 fully saturated rings. The predicted molar refractivity (Wildman–Crippen MR) is 111 cm³/mol. The fraction of sp³-hybridized carbons (Fsp3) is 0.286. The van der Waals surface area contributed by atoms with Gasteiger partial charge in [-0.2, -0.15) is 0 Å². The lowest BCUT2D eigenvalue weighted by Crippen LogP contribution is -2.37. The summed E-state index contributed by atoms with van der Waals surface area (Å²) in [5.74, 6) is -3.25. The van der Waals surface area contributed by atoms with Crippen LogP contribution in [0.5, 0.6) is 0 Å². The standard InChI is InChI=1S/C21H19BrF3N3O3/c1-3-30-10-16-17(21(29)31-4-2)18(13-6-5-11(22)7-14(13)24)28-20(27-16)19-15(25)8-12(23)9-26-19/h5-9,18H,3-4,10H2,1-2H3,(H,27,28). The van der Waals surface area contributed by atoms with Gasteiger partial charge in [0.25, 0.3) is 0 Å². The van der Waals surface area contributed by atoms with Gasteiger partial charge in [0.1, 0.15) is 23.4 Å². The van der Waals surface area contributed by atoms with E-state index in [1.54, 1.807) is 19.9 Å². The SMILES string of the molecule is CCOCC1=C(C(=O)OCC)C(c2ccc(Br)cc2F)N=C(c2ncc(F)cc2F)N1. The maximum Gasteiger partial charge on any atom is 0.338 e. The molecule has 10 heteroatoms. The number of ether oxygens (including phenoxy) is 2. The minimum absolute atomic E-state index is 0.0304. The fourth-order valence-electron chi connectivity index (χ4n) is 3.02. The average molecular weight is 498 g/mol. The zero-order valence-corrected chi connectivity index (χ0v) is 18.3. The van der Waals surface area contributed by atoms with E-state index in [0.717, 1.165) is 6.20 Å². The molecular weight excluding hydrogens is 479 g/mol. The average Bonchev–Trinajstić information content (AvgIpc) is 2.71. The number of amidine groups is 1. The number of pyridine rings is 1. The van der Waals surface area contributed by atoms with Crippen LogP contribution in [0.2, 0.25) is 0 Å². The van der Waals surface area contributed by atoms with Gasteiger partial charge in [-0.05, 0) is 26.0 Å². The Morgan fingerprint density at radius 2 is 1.94 bits per heavy atom. The highest BCUT2D eigenvalue weighted by Gasteiger charge is 2.34. The number of esters is 1. The Balaban J connectivity index is 2.19. The van der Waals surface area contributed by atoms with Crippen LogP contribution >= 0.6 is 15.9 Å². The van der Waals surface area contributed by atoms with E-state index in [4.69, 9.17) is 9.47 Å².